The molecule has 3 atom stereocenters. The molecule has 1 amide bonds. The number of nitrogens with two attached hydrogens (primary N) is 1. The van der Waals surface area contributed by atoms with Crippen LogP contribution in [-0.4, -0.2) is 54.3 Å². The van der Waals surface area contributed by atoms with Crippen LogP contribution in [0.25, 0.3) is 22.0 Å². The first kappa shape index (κ1) is 28.3. The fraction of sp³-hybridized carbons (Fsp3) is 0.464. The van der Waals surface area contributed by atoms with Gasteiger partial charge >= 0.3 is 0 Å². The van der Waals surface area contributed by atoms with Crippen molar-refractivity contribution < 1.29 is 23.0 Å². The number of hydrogen-bond acceptors (Lipinski definition) is 8. The molecule has 11 heteroatoms. The van der Waals surface area contributed by atoms with Crippen LogP contribution in [0.4, 0.5) is 20.3 Å². The molecule has 1 aliphatic heterocycles. The first-order valence-corrected chi connectivity index (χ1v) is 13.3. The van der Waals surface area contributed by atoms with Crippen LogP contribution in [0.1, 0.15) is 56.6 Å². The zero-order valence-corrected chi connectivity index (χ0v) is 23.2. The van der Waals surface area contributed by atoms with Crippen molar-refractivity contribution in [1.82, 2.24) is 20.6 Å². The van der Waals surface area contributed by atoms with E-state index < -0.39 is 23.6 Å². The van der Waals surface area contributed by atoms with Gasteiger partial charge in [-0.15, -0.1) is 0 Å². The smallest absolute Gasteiger partial charge is 0.270 e. The predicted molar refractivity (Wildman–Crippen MR) is 148 cm³/mol. The fourth-order valence-corrected chi connectivity index (χ4v) is 4.90. The third-order valence-electron chi connectivity index (χ3n) is 6.94. The summed E-state index contributed by atoms with van der Waals surface area (Å²) in [6, 6.07) is 2.53. The van der Waals surface area contributed by atoms with Gasteiger partial charge in [-0.2, -0.15) is 0 Å². The first-order valence-electron chi connectivity index (χ1n) is 13.3. The van der Waals surface area contributed by atoms with Crippen LogP contribution < -0.4 is 31.2 Å². The minimum absolute atomic E-state index is 0.0457. The van der Waals surface area contributed by atoms with Gasteiger partial charge in [-0.25, -0.2) is 18.7 Å². The summed E-state index contributed by atoms with van der Waals surface area (Å²) in [6.07, 6.45) is 1.63. The average Bonchev–Trinajstić information content (AvgIpc) is 3.02. The predicted octanol–water partition coefficient (Wildman–Crippen LogP) is 4.56. The van der Waals surface area contributed by atoms with Gasteiger partial charge in [-0.05, 0) is 45.7 Å². The highest BCUT2D eigenvalue weighted by Gasteiger charge is 2.33. The van der Waals surface area contributed by atoms with Crippen LogP contribution in [0.2, 0.25) is 0 Å². The summed E-state index contributed by atoms with van der Waals surface area (Å²) in [7, 11) is 1.48. The molecule has 39 heavy (non-hydrogen) atoms. The van der Waals surface area contributed by atoms with Crippen molar-refractivity contribution in [2.45, 2.75) is 65.6 Å². The van der Waals surface area contributed by atoms with Crippen molar-refractivity contribution in [3.63, 3.8) is 0 Å². The SMILES string of the molecule is CCCC(C)NCC1Nc2nc(C(=O)NC)c(C)c3c(F)c(-c4cc(N)cc(F)c4OCC)nc(c23)O[C@H]1C. The zero-order valence-electron chi connectivity index (χ0n) is 23.2. The highest BCUT2D eigenvalue weighted by atomic mass is 19.1. The summed E-state index contributed by atoms with van der Waals surface area (Å²) >= 11 is 0. The Morgan fingerprint density at radius 2 is 2.00 bits per heavy atom. The quantitative estimate of drug-likeness (QED) is 0.290. The van der Waals surface area contributed by atoms with Crippen LogP contribution in [-0.2, 0) is 0 Å². The second-order valence-electron chi connectivity index (χ2n) is 9.83. The number of halogens is 2. The van der Waals surface area contributed by atoms with E-state index in [1.165, 1.54) is 13.1 Å². The van der Waals surface area contributed by atoms with Crippen molar-refractivity contribution in [3.05, 3.63) is 35.0 Å². The number of carbonyl (C=O) groups excluding carboxylic acids is 1. The normalized spacial score (nSPS) is 17.2. The van der Waals surface area contributed by atoms with Crippen molar-refractivity contribution in [2.24, 2.45) is 0 Å². The number of pyridine rings is 2. The molecule has 3 aromatic rings. The summed E-state index contributed by atoms with van der Waals surface area (Å²) in [6.45, 7) is 10.1. The molecule has 1 aliphatic rings. The molecular weight excluding hydrogens is 506 g/mol. The molecule has 0 spiro atoms. The maximum Gasteiger partial charge on any atom is 0.270 e. The van der Waals surface area contributed by atoms with Gasteiger partial charge in [-0.1, -0.05) is 13.3 Å². The Morgan fingerprint density at radius 1 is 1.26 bits per heavy atom. The minimum Gasteiger partial charge on any atom is -0.490 e. The zero-order chi connectivity index (χ0) is 28.4. The number of nitrogen functional groups attached to an aromatic ring is 1. The van der Waals surface area contributed by atoms with E-state index in [2.05, 4.69) is 39.8 Å². The number of amides is 1. The first-order chi connectivity index (χ1) is 18.6. The maximum absolute atomic E-state index is 16.5. The summed E-state index contributed by atoms with van der Waals surface area (Å²) in [5.74, 6) is -1.75. The molecule has 2 aromatic heterocycles. The van der Waals surface area contributed by atoms with Gasteiger partial charge in [0.1, 0.15) is 23.3 Å². The van der Waals surface area contributed by atoms with E-state index in [4.69, 9.17) is 15.2 Å². The molecule has 9 nitrogen and oxygen atoms in total. The number of nitrogens with one attached hydrogen (secondary N) is 3. The summed E-state index contributed by atoms with van der Waals surface area (Å²) in [5.41, 5.74) is 6.21. The Balaban J connectivity index is 1.97. The molecule has 0 fully saturated rings. The van der Waals surface area contributed by atoms with Gasteiger partial charge in [0.15, 0.2) is 17.4 Å². The summed E-state index contributed by atoms with van der Waals surface area (Å²) in [4.78, 5) is 21.9. The number of benzene rings is 1. The molecule has 0 saturated carbocycles. The van der Waals surface area contributed by atoms with E-state index in [0.29, 0.717) is 17.5 Å². The molecule has 1 aromatic carbocycles. The summed E-state index contributed by atoms with van der Waals surface area (Å²) < 4.78 is 43.2. The van der Waals surface area contributed by atoms with E-state index in [1.807, 2.05) is 6.92 Å². The number of hydrogen-bond donors (Lipinski definition) is 4. The molecular formula is C28H36F2N6O3. The van der Waals surface area contributed by atoms with Crippen LogP contribution in [0.5, 0.6) is 11.6 Å². The molecule has 0 radical (unpaired) electrons. The largest absolute Gasteiger partial charge is 0.490 e. The second kappa shape index (κ2) is 11.6. The lowest BCUT2D eigenvalue weighted by Crippen LogP contribution is -2.45. The van der Waals surface area contributed by atoms with Crippen LogP contribution in [0.3, 0.4) is 0 Å². The lowest BCUT2D eigenvalue weighted by Gasteiger charge is -2.25. The molecule has 2 unspecified atom stereocenters. The van der Waals surface area contributed by atoms with Crippen LogP contribution in [0, 0.1) is 18.6 Å². The number of nitrogens with zero attached hydrogens (tertiary/aromatic N) is 2. The van der Waals surface area contributed by atoms with Gasteiger partial charge in [0.2, 0.25) is 5.88 Å². The molecule has 3 heterocycles. The summed E-state index contributed by atoms with van der Waals surface area (Å²) in [5, 5.41) is 9.83. The third-order valence-corrected chi connectivity index (χ3v) is 6.94. The van der Waals surface area contributed by atoms with Crippen molar-refractivity contribution in [1.29, 1.82) is 0 Å². The lowest BCUT2D eigenvalue weighted by molar-refractivity contribution is 0.0958. The molecule has 210 valence electrons. The average molecular weight is 543 g/mol. The van der Waals surface area contributed by atoms with Crippen LogP contribution in [0.15, 0.2) is 12.1 Å². The molecule has 0 aliphatic carbocycles. The number of carbonyl (C=O) groups is 1. The number of rotatable bonds is 9. The molecule has 4 rings (SSSR count). The van der Waals surface area contributed by atoms with E-state index in [9.17, 15) is 9.18 Å². The maximum atomic E-state index is 16.5. The highest BCUT2D eigenvalue weighted by molar-refractivity contribution is 6.06. The van der Waals surface area contributed by atoms with E-state index in [1.54, 1.807) is 13.8 Å². The Hall–Kier alpha value is -3.73. The van der Waals surface area contributed by atoms with Gasteiger partial charge in [0.25, 0.3) is 5.91 Å². The van der Waals surface area contributed by atoms with Gasteiger partial charge in [0, 0.05) is 36.8 Å². The third kappa shape index (κ3) is 5.40. The minimum atomic E-state index is -0.766. The topological polar surface area (TPSA) is 123 Å². The number of aryl methyl sites for hydroxylation is 1. The second-order valence-corrected chi connectivity index (χ2v) is 9.83. The van der Waals surface area contributed by atoms with E-state index in [-0.39, 0.29) is 64.2 Å². The monoisotopic (exact) mass is 542 g/mol. The van der Waals surface area contributed by atoms with Gasteiger partial charge < -0.3 is 31.2 Å². The van der Waals surface area contributed by atoms with Gasteiger partial charge in [-0.3, -0.25) is 4.79 Å². The molecule has 5 N–H and O–H groups in total. The Bertz CT molecular complexity index is 1400. The number of anilines is 2. The molecule has 0 saturated heterocycles. The van der Waals surface area contributed by atoms with Crippen molar-refractivity contribution in [2.75, 3.05) is 31.2 Å². The lowest BCUT2D eigenvalue weighted by atomic mass is 10.00. The van der Waals surface area contributed by atoms with Crippen molar-refractivity contribution >= 4 is 28.2 Å². The highest BCUT2D eigenvalue weighted by Crippen LogP contribution is 2.43. The Morgan fingerprint density at radius 3 is 2.67 bits per heavy atom. The number of aromatic nitrogens is 2. The van der Waals surface area contributed by atoms with E-state index in [0.717, 1.165) is 18.9 Å². The van der Waals surface area contributed by atoms with E-state index >= 15 is 4.39 Å². The Kier molecular flexibility index (Phi) is 8.39. The fourth-order valence-electron chi connectivity index (χ4n) is 4.90. The van der Waals surface area contributed by atoms with Crippen LogP contribution >= 0.6 is 0 Å². The number of ether oxygens (including phenoxy) is 2. The Labute approximate surface area is 226 Å². The van der Waals surface area contributed by atoms with Gasteiger partial charge in [0.05, 0.1) is 23.6 Å². The standard InChI is InChI=1S/C28H36F2N6O3/c1-7-9-13(3)33-12-19-15(5)39-28-21-20(14(4)23(27(37)32-6)35-26(21)34-19)22(30)24(36-28)17-10-16(31)11-18(29)25(17)38-8-2/h10-11,13,15,19,33H,7-9,12,31H2,1-6H3,(H,32,37)(H,34,35)/t13?,15-,19?/m0/s1. The van der Waals surface area contributed by atoms with Crippen molar-refractivity contribution in [3.8, 4) is 22.9 Å². The molecule has 0 bridgehead atoms.